The fourth-order valence-electron chi connectivity index (χ4n) is 3.21. The molecular weight excluding hydrogens is 250 g/mol. The third-order valence-corrected chi connectivity index (χ3v) is 3.65. The first-order valence-corrected chi connectivity index (χ1v) is 7.75. The van der Waals surface area contributed by atoms with E-state index in [4.69, 9.17) is 4.74 Å². The molecule has 2 unspecified atom stereocenters. The molecule has 1 aliphatic heterocycles. The Balaban J connectivity index is 2.41. The molecule has 20 heavy (non-hydrogen) atoms. The lowest BCUT2D eigenvalue weighted by molar-refractivity contribution is -0.128. The quantitative estimate of drug-likeness (QED) is 0.813. The zero-order valence-electron chi connectivity index (χ0n) is 14.0. The van der Waals surface area contributed by atoms with Crippen molar-refractivity contribution in [2.45, 2.75) is 77.7 Å². The van der Waals surface area contributed by atoms with Crippen LogP contribution in [0, 0.1) is 11.3 Å². The summed E-state index contributed by atoms with van der Waals surface area (Å²) in [6.07, 6.45) is 2.20. The molecule has 0 aromatic rings. The van der Waals surface area contributed by atoms with E-state index in [0.29, 0.717) is 6.04 Å². The van der Waals surface area contributed by atoms with Gasteiger partial charge in [-0.2, -0.15) is 5.26 Å². The Hall–Kier alpha value is -0.630. The number of rotatable bonds is 6. The molecule has 0 aromatic heterocycles. The van der Waals surface area contributed by atoms with Crippen molar-refractivity contribution in [2.75, 3.05) is 19.6 Å². The molecule has 0 aliphatic carbocycles. The highest BCUT2D eigenvalue weighted by Gasteiger charge is 2.31. The lowest BCUT2D eigenvalue weighted by atomic mass is 9.96. The molecule has 1 saturated heterocycles. The summed E-state index contributed by atoms with van der Waals surface area (Å²) < 4.78 is 5.92. The summed E-state index contributed by atoms with van der Waals surface area (Å²) in [4.78, 5) is 2.46. The molecule has 1 N–H and O–H groups in total. The van der Waals surface area contributed by atoms with Crippen molar-refractivity contribution < 1.29 is 4.74 Å². The van der Waals surface area contributed by atoms with Gasteiger partial charge in [0.2, 0.25) is 0 Å². The zero-order valence-corrected chi connectivity index (χ0v) is 14.0. The first kappa shape index (κ1) is 17.4. The van der Waals surface area contributed by atoms with Crippen LogP contribution < -0.4 is 5.32 Å². The number of ether oxygens (including phenoxy) is 1. The summed E-state index contributed by atoms with van der Waals surface area (Å²) in [5, 5.41) is 12.7. The van der Waals surface area contributed by atoms with E-state index < -0.39 is 5.54 Å². The van der Waals surface area contributed by atoms with Crippen LogP contribution in [0.3, 0.4) is 0 Å². The third kappa shape index (κ3) is 5.78. The highest BCUT2D eigenvalue weighted by atomic mass is 16.5. The molecule has 0 radical (unpaired) electrons. The first-order valence-electron chi connectivity index (χ1n) is 7.75. The lowest BCUT2D eigenvalue weighted by Crippen LogP contribution is -2.52. The standard InChI is InChI=1S/C16H31N3O/c1-13(2)18-16(6,11-17)8-7-9-19-10-14(3)20-15(4,5)12-19/h13-14,18H,7-10,12H2,1-6H3. The fourth-order valence-corrected chi connectivity index (χ4v) is 3.21. The molecule has 0 bridgehead atoms. The highest BCUT2D eigenvalue weighted by Crippen LogP contribution is 2.21. The van der Waals surface area contributed by atoms with Gasteiger partial charge in [0.15, 0.2) is 0 Å². The average Bonchev–Trinajstić information content (AvgIpc) is 2.25. The maximum absolute atomic E-state index is 9.35. The van der Waals surface area contributed by atoms with Crippen molar-refractivity contribution in [3.05, 3.63) is 0 Å². The smallest absolute Gasteiger partial charge is 0.104 e. The number of hydrogen-bond acceptors (Lipinski definition) is 4. The predicted molar refractivity (Wildman–Crippen MR) is 82.6 cm³/mol. The van der Waals surface area contributed by atoms with E-state index in [9.17, 15) is 5.26 Å². The van der Waals surface area contributed by atoms with Gasteiger partial charge in [0.25, 0.3) is 0 Å². The summed E-state index contributed by atoms with van der Waals surface area (Å²) >= 11 is 0. The topological polar surface area (TPSA) is 48.3 Å². The second-order valence-corrected chi connectivity index (χ2v) is 7.27. The van der Waals surface area contributed by atoms with Crippen LogP contribution in [0.1, 0.15) is 54.4 Å². The van der Waals surface area contributed by atoms with Crippen LogP contribution in [0.15, 0.2) is 0 Å². The molecule has 0 spiro atoms. The Kier molecular flexibility index (Phi) is 6.00. The van der Waals surface area contributed by atoms with Gasteiger partial charge >= 0.3 is 0 Å². The SMILES string of the molecule is CC(C)NC(C)(C#N)CCCN1CC(C)OC(C)(C)C1. The molecule has 0 aromatic carbocycles. The maximum Gasteiger partial charge on any atom is 0.104 e. The first-order chi connectivity index (χ1) is 9.16. The zero-order chi connectivity index (χ0) is 15.4. The van der Waals surface area contributed by atoms with E-state index in [1.54, 1.807) is 0 Å². The highest BCUT2D eigenvalue weighted by molar-refractivity contribution is 5.04. The van der Waals surface area contributed by atoms with Gasteiger partial charge in [0, 0.05) is 19.1 Å². The molecule has 0 amide bonds. The summed E-state index contributed by atoms with van der Waals surface area (Å²) in [7, 11) is 0. The minimum Gasteiger partial charge on any atom is -0.370 e. The van der Waals surface area contributed by atoms with Gasteiger partial charge in [-0.05, 0) is 60.9 Å². The molecule has 4 nitrogen and oxygen atoms in total. The molecule has 4 heteroatoms. The third-order valence-electron chi connectivity index (χ3n) is 3.65. The number of nitriles is 1. The van der Waals surface area contributed by atoms with Gasteiger partial charge in [-0.25, -0.2) is 0 Å². The number of nitrogens with one attached hydrogen (secondary N) is 1. The summed E-state index contributed by atoms with van der Waals surface area (Å²) in [5.41, 5.74) is -0.478. The van der Waals surface area contributed by atoms with Gasteiger partial charge in [-0.15, -0.1) is 0 Å². The van der Waals surface area contributed by atoms with Gasteiger partial charge in [0.1, 0.15) is 5.54 Å². The average molecular weight is 281 g/mol. The summed E-state index contributed by atoms with van der Waals surface area (Å²) in [6.45, 7) is 15.6. The Labute approximate surface area is 124 Å². The number of morpholine rings is 1. The molecule has 1 rings (SSSR count). The van der Waals surface area contributed by atoms with Crippen LogP contribution in [0.5, 0.6) is 0 Å². The van der Waals surface area contributed by atoms with Gasteiger partial charge < -0.3 is 4.74 Å². The monoisotopic (exact) mass is 281 g/mol. The van der Waals surface area contributed by atoms with Crippen molar-refractivity contribution >= 4 is 0 Å². The van der Waals surface area contributed by atoms with Crippen LogP contribution >= 0.6 is 0 Å². The predicted octanol–water partition coefficient (Wildman–Crippen LogP) is 2.55. The van der Waals surface area contributed by atoms with Gasteiger partial charge in [-0.1, -0.05) is 0 Å². The van der Waals surface area contributed by atoms with E-state index in [0.717, 1.165) is 32.5 Å². The van der Waals surface area contributed by atoms with Gasteiger partial charge in [0.05, 0.1) is 17.8 Å². The second kappa shape index (κ2) is 6.89. The van der Waals surface area contributed by atoms with Crippen LogP contribution in [0.4, 0.5) is 0 Å². The van der Waals surface area contributed by atoms with Crippen molar-refractivity contribution in [1.82, 2.24) is 10.2 Å². The molecular formula is C16H31N3O. The van der Waals surface area contributed by atoms with Crippen molar-refractivity contribution in [3.8, 4) is 6.07 Å². The van der Waals surface area contributed by atoms with Crippen LogP contribution in [0.2, 0.25) is 0 Å². The Morgan fingerprint density at radius 3 is 2.65 bits per heavy atom. The molecule has 116 valence electrons. The molecule has 1 fully saturated rings. The lowest BCUT2D eigenvalue weighted by Gasteiger charge is -2.42. The largest absolute Gasteiger partial charge is 0.370 e. The van der Waals surface area contributed by atoms with E-state index >= 15 is 0 Å². The second-order valence-electron chi connectivity index (χ2n) is 7.27. The van der Waals surface area contributed by atoms with Crippen LogP contribution in [-0.4, -0.2) is 47.8 Å². The summed E-state index contributed by atoms with van der Waals surface area (Å²) in [5.74, 6) is 0. The van der Waals surface area contributed by atoms with E-state index in [-0.39, 0.29) is 11.7 Å². The Morgan fingerprint density at radius 2 is 2.15 bits per heavy atom. The van der Waals surface area contributed by atoms with Crippen LogP contribution in [-0.2, 0) is 4.74 Å². The van der Waals surface area contributed by atoms with Crippen molar-refractivity contribution in [2.24, 2.45) is 0 Å². The molecule has 1 heterocycles. The molecule has 1 aliphatic rings. The normalized spacial score (nSPS) is 26.2. The number of nitrogens with zero attached hydrogens (tertiary/aromatic N) is 2. The Morgan fingerprint density at radius 1 is 1.50 bits per heavy atom. The number of hydrogen-bond donors (Lipinski definition) is 1. The summed E-state index contributed by atoms with van der Waals surface area (Å²) in [6, 6.07) is 2.75. The fraction of sp³-hybridized carbons (Fsp3) is 0.938. The molecule has 2 atom stereocenters. The Bertz CT molecular complexity index is 348. The maximum atomic E-state index is 9.35. The molecule has 0 saturated carbocycles. The van der Waals surface area contributed by atoms with E-state index in [1.165, 1.54) is 0 Å². The van der Waals surface area contributed by atoms with Gasteiger partial charge in [-0.3, -0.25) is 10.2 Å². The minimum absolute atomic E-state index is 0.0631. The van der Waals surface area contributed by atoms with E-state index in [1.807, 2.05) is 6.92 Å². The van der Waals surface area contributed by atoms with Crippen molar-refractivity contribution in [1.29, 1.82) is 5.26 Å². The minimum atomic E-state index is -0.415. The van der Waals surface area contributed by atoms with E-state index in [2.05, 4.69) is 50.9 Å². The van der Waals surface area contributed by atoms with Crippen molar-refractivity contribution in [3.63, 3.8) is 0 Å². The van der Waals surface area contributed by atoms with Crippen LogP contribution in [0.25, 0.3) is 0 Å².